The lowest BCUT2D eigenvalue weighted by Gasteiger charge is -2.19. The molecule has 1 N–H and O–H groups in total. The summed E-state index contributed by atoms with van der Waals surface area (Å²) in [6.45, 7) is 5.98. The molecule has 0 amide bonds. The Kier molecular flexibility index (Phi) is 5.04. The van der Waals surface area contributed by atoms with Gasteiger partial charge in [0.05, 0.1) is 0 Å². The SMILES string of the molecule is CCN(CC)c1ccnc(Nc2cc(Cl)cc(Cl)c2)n1. The Morgan fingerprint density at radius 1 is 1.10 bits per heavy atom. The topological polar surface area (TPSA) is 41.1 Å². The van der Waals surface area contributed by atoms with Crippen LogP contribution in [0.1, 0.15) is 13.8 Å². The van der Waals surface area contributed by atoms with Crippen molar-refractivity contribution in [2.45, 2.75) is 13.8 Å². The van der Waals surface area contributed by atoms with Crippen LogP contribution in [-0.2, 0) is 0 Å². The summed E-state index contributed by atoms with van der Waals surface area (Å²) in [7, 11) is 0. The molecule has 0 aliphatic heterocycles. The molecule has 6 heteroatoms. The third kappa shape index (κ3) is 3.74. The highest BCUT2D eigenvalue weighted by Gasteiger charge is 2.06. The Hall–Kier alpha value is -1.52. The predicted octanol–water partition coefficient (Wildman–Crippen LogP) is 4.37. The van der Waals surface area contributed by atoms with E-state index in [0.29, 0.717) is 16.0 Å². The van der Waals surface area contributed by atoms with E-state index >= 15 is 0 Å². The first-order valence-electron chi connectivity index (χ1n) is 6.43. The van der Waals surface area contributed by atoms with Gasteiger partial charge in [0.1, 0.15) is 5.82 Å². The summed E-state index contributed by atoms with van der Waals surface area (Å²) >= 11 is 11.9. The molecule has 0 aliphatic rings. The molecule has 0 saturated carbocycles. The van der Waals surface area contributed by atoms with Crippen molar-refractivity contribution in [1.29, 1.82) is 0 Å². The van der Waals surface area contributed by atoms with Crippen LogP contribution in [0.15, 0.2) is 30.5 Å². The molecule has 4 nitrogen and oxygen atoms in total. The minimum Gasteiger partial charge on any atom is -0.357 e. The van der Waals surface area contributed by atoms with Crippen molar-refractivity contribution in [1.82, 2.24) is 9.97 Å². The summed E-state index contributed by atoms with van der Waals surface area (Å²) < 4.78 is 0. The Labute approximate surface area is 128 Å². The maximum Gasteiger partial charge on any atom is 0.229 e. The van der Waals surface area contributed by atoms with Crippen LogP contribution in [0, 0.1) is 0 Å². The lowest BCUT2D eigenvalue weighted by Crippen LogP contribution is -2.23. The summed E-state index contributed by atoms with van der Waals surface area (Å²) in [4.78, 5) is 10.8. The Morgan fingerprint density at radius 3 is 2.35 bits per heavy atom. The van der Waals surface area contributed by atoms with Crippen LogP contribution < -0.4 is 10.2 Å². The van der Waals surface area contributed by atoms with E-state index in [2.05, 4.69) is 34.0 Å². The molecule has 1 heterocycles. The van der Waals surface area contributed by atoms with E-state index in [9.17, 15) is 0 Å². The summed E-state index contributed by atoms with van der Waals surface area (Å²) in [6.07, 6.45) is 1.73. The Morgan fingerprint density at radius 2 is 1.75 bits per heavy atom. The fraction of sp³-hybridized carbons (Fsp3) is 0.286. The van der Waals surface area contributed by atoms with Gasteiger partial charge in [-0.1, -0.05) is 23.2 Å². The van der Waals surface area contributed by atoms with Crippen LogP contribution in [0.2, 0.25) is 10.0 Å². The number of hydrogen-bond donors (Lipinski definition) is 1. The van der Waals surface area contributed by atoms with Gasteiger partial charge in [0, 0.05) is 35.0 Å². The second kappa shape index (κ2) is 6.77. The fourth-order valence-electron chi connectivity index (χ4n) is 1.89. The monoisotopic (exact) mass is 310 g/mol. The number of anilines is 3. The number of nitrogens with one attached hydrogen (secondary N) is 1. The normalized spacial score (nSPS) is 10.4. The summed E-state index contributed by atoms with van der Waals surface area (Å²) in [5, 5.41) is 4.25. The van der Waals surface area contributed by atoms with Crippen molar-refractivity contribution >= 4 is 40.7 Å². The van der Waals surface area contributed by atoms with E-state index in [1.165, 1.54) is 0 Å². The zero-order valence-corrected chi connectivity index (χ0v) is 12.9. The third-order valence-electron chi connectivity index (χ3n) is 2.85. The van der Waals surface area contributed by atoms with Crippen LogP contribution in [0.25, 0.3) is 0 Å². The largest absolute Gasteiger partial charge is 0.357 e. The van der Waals surface area contributed by atoms with Crippen LogP contribution in [0.4, 0.5) is 17.5 Å². The molecule has 0 bridgehead atoms. The van der Waals surface area contributed by atoms with Crippen molar-refractivity contribution < 1.29 is 0 Å². The van der Waals surface area contributed by atoms with Gasteiger partial charge < -0.3 is 10.2 Å². The van der Waals surface area contributed by atoms with Crippen molar-refractivity contribution in [3.8, 4) is 0 Å². The van der Waals surface area contributed by atoms with Gasteiger partial charge >= 0.3 is 0 Å². The molecule has 0 fully saturated rings. The first kappa shape index (κ1) is 14.9. The molecule has 106 valence electrons. The quantitative estimate of drug-likeness (QED) is 0.890. The predicted molar refractivity (Wildman–Crippen MR) is 85.3 cm³/mol. The number of aromatic nitrogens is 2. The van der Waals surface area contributed by atoms with Crippen molar-refractivity contribution in [3.05, 3.63) is 40.5 Å². The van der Waals surface area contributed by atoms with Crippen LogP contribution in [0.3, 0.4) is 0 Å². The molecule has 1 aromatic carbocycles. The zero-order valence-electron chi connectivity index (χ0n) is 11.4. The highest BCUT2D eigenvalue weighted by atomic mass is 35.5. The van der Waals surface area contributed by atoms with Gasteiger partial charge in [0.2, 0.25) is 5.95 Å². The molecule has 2 aromatic rings. The van der Waals surface area contributed by atoms with Gasteiger partial charge in [-0.15, -0.1) is 0 Å². The second-order valence-corrected chi connectivity index (χ2v) is 5.07. The van der Waals surface area contributed by atoms with E-state index in [-0.39, 0.29) is 0 Å². The van der Waals surface area contributed by atoms with Crippen molar-refractivity contribution in [3.63, 3.8) is 0 Å². The third-order valence-corrected chi connectivity index (χ3v) is 3.28. The first-order chi connectivity index (χ1) is 9.62. The minimum absolute atomic E-state index is 0.521. The second-order valence-electron chi connectivity index (χ2n) is 4.19. The fourth-order valence-corrected chi connectivity index (χ4v) is 2.41. The molecule has 2 rings (SSSR count). The molecule has 0 spiro atoms. The molecule has 0 aliphatic carbocycles. The Balaban J connectivity index is 2.23. The van der Waals surface area contributed by atoms with Gasteiger partial charge in [0.25, 0.3) is 0 Å². The highest BCUT2D eigenvalue weighted by Crippen LogP contribution is 2.24. The summed E-state index contributed by atoms with van der Waals surface area (Å²) in [5.74, 6) is 1.41. The number of halogens is 2. The van der Waals surface area contributed by atoms with Crippen molar-refractivity contribution in [2.24, 2.45) is 0 Å². The smallest absolute Gasteiger partial charge is 0.229 e. The maximum atomic E-state index is 5.97. The van der Waals surface area contributed by atoms with E-state index in [1.54, 1.807) is 24.4 Å². The molecule has 0 unspecified atom stereocenters. The number of rotatable bonds is 5. The molecule has 20 heavy (non-hydrogen) atoms. The summed E-state index contributed by atoms with van der Waals surface area (Å²) in [6, 6.07) is 7.13. The van der Waals surface area contributed by atoms with Crippen LogP contribution in [0.5, 0.6) is 0 Å². The highest BCUT2D eigenvalue weighted by molar-refractivity contribution is 6.35. The molecule has 0 saturated heterocycles. The van der Waals surface area contributed by atoms with Crippen LogP contribution in [-0.4, -0.2) is 23.1 Å². The molecular formula is C14H16Cl2N4. The van der Waals surface area contributed by atoms with Crippen LogP contribution >= 0.6 is 23.2 Å². The van der Waals surface area contributed by atoms with E-state index in [1.807, 2.05) is 6.07 Å². The first-order valence-corrected chi connectivity index (χ1v) is 7.19. The lowest BCUT2D eigenvalue weighted by molar-refractivity contribution is 0.843. The van der Waals surface area contributed by atoms with Gasteiger partial charge in [-0.2, -0.15) is 4.98 Å². The van der Waals surface area contributed by atoms with E-state index < -0.39 is 0 Å². The lowest BCUT2D eigenvalue weighted by atomic mass is 10.3. The molecule has 0 radical (unpaired) electrons. The molecular weight excluding hydrogens is 295 g/mol. The van der Waals surface area contributed by atoms with Gasteiger partial charge in [-0.3, -0.25) is 0 Å². The minimum atomic E-state index is 0.521. The standard InChI is InChI=1S/C14H16Cl2N4/c1-3-20(4-2)13-5-6-17-14(19-13)18-12-8-10(15)7-11(16)9-12/h5-9H,3-4H2,1-2H3,(H,17,18,19). The Bertz CT molecular complexity index is 565. The molecule has 0 atom stereocenters. The van der Waals surface area contributed by atoms with E-state index in [4.69, 9.17) is 23.2 Å². The van der Waals surface area contributed by atoms with Gasteiger partial charge in [0.15, 0.2) is 0 Å². The average Bonchev–Trinajstić information content (AvgIpc) is 2.39. The molecule has 1 aromatic heterocycles. The summed E-state index contributed by atoms with van der Waals surface area (Å²) in [5.41, 5.74) is 0.763. The number of nitrogens with zero attached hydrogens (tertiary/aromatic N) is 3. The zero-order chi connectivity index (χ0) is 14.5. The van der Waals surface area contributed by atoms with Gasteiger partial charge in [-0.25, -0.2) is 4.98 Å². The number of hydrogen-bond acceptors (Lipinski definition) is 4. The van der Waals surface area contributed by atoms with Gasteiger partial charge in [-0.05, 0) is 38.1 Å². The average molecular weight is 311 g/mol. The maximum absolute atomic E-state index is 5.97. The number of benzene rings is 1. The van der Waals surface area contributed by atoms with E-state index in [0.717, 1.165) is 24.6 Å². The van der Waals surface area contributed by atoms with Crippen molar-refractivity contribution in [2.75, 3.05) is 23.3 Å².